The highest BCUT2D eigenvalue weighted by molar-refractivity contribution is 5.90. The SMILES string of the molecule is CN1C=CC23C(=C1)CCC(=O)C2Oc1ccccc13. The molecule has 3 nitrogen and oxygen atoms in total. The molecule has 1 aromatic rings. The lowest BCUT2D eigenvalue weighted by Crippen LogP contribution is -2.48. The maximum Gasteiger partial charge on any atom is 0.175 e. The summed E-state index contributed by atoms with van der Waals surface area (Å²) < 4.78 is 5.96. The average Bonchev–Trinajstić information content (AvgIpc) is 2.76. The van der Waals surface area contributed by atoms with Crippen molar-refractivity contribution in [3.8, 4) is 5.75 Å². The van der Waals surface area contributed by atoms with Crippen molar-refractivity contribution in [1.82, 2.24) is 4.90 Å². The van der Waals surface area contributed by atoms with E-state index in [4.69, 9.17) is 4.74 Å². The van der Waals surface area contributed by atoms with E-state index >= 15 is 0 Å². The quantitative estimate of drug-likeness (QED) is 0.711. The van der Waals surface area contributed by atoms with Gasteiger partial charge in [-0.1, -0.05) is 18.2 Å². The van der Waals surface area contributed by atoms with Gasteiger partial charge < -0.3 is 9.64 Å². The number of carbonyl (C=O) groups excluding carboxylic acids is 1. The van der Waals surface area contributed by atoms with Crippen LogP contribution in [0.25, 0.3) is 0 Å². The summed E-state index contributed by atoms with van der Waals surface area (Å²) in [6.45, 7) is 0. The highest BCUT2D eigenvalue weighted by Gasteiger charge is 2.55. The number of hydrogen-bond acceptors (Lipinski definition) is 3. The van der Waals surface area contributed by atoms with Gasteiger partial charge in [0, 0.05) is 31.4 Å². The second-order valence-electron chi connectivity index (χ2n) is 5.46. The molecule has 1 spiro atoms. The van der Waals surface area contributed by atoms with Crippen LogP contribution in [-0.2, 0) is 10.2 Å². The molecule has 2 heterocycles. The van der Waals surface area contributed by atoms with Crippen LogP contribution in [0.15, 0.2) is 48.3 Å². The average molecular weight is 253 g/mol. The van der Waals surface area contributed by atoms with E-state index in [2.05, 4.69) is 18.3 Å². The first kappa shape index (κ1) is 10.9. The molecule has 2 aliphatic heterocycles. The number of benzene rings is 1. The van der Waals surface area contributed by atoms with E-state index in [-0.39, 0.29) is 17.3 Å². The fourth-order valence-electron chi connectivity index (χ4n) is 3.51. The molecule has 0 aromatic heterocycles. The first-order chi connectivity index (χ1) is 9.22. The Balaban J connectivity index is 1.98. The zero-order valence-electron chi connectivity index (χ0n) is 10.8. The molecule has 1 fully saturated rings. The first-order valence-corrected chi connectivity index (χ1v) is 6.63. The molecule has 0 amide bonds. The standard InChI is InChI=1S/C16H15NO2/c1-17-9-8-16-11(10-17)6-7-13(18)15(16)19-14-5-3-2-4-12(14)16/h2-5,8-10,15H,6-7H2,1H3. The van der Waals surface area contributed by atoms with Crippen LogP contribution in [0.3, 0.4) is 0 Å². The number of nitrogens with zero attached hydrogens (tertiary/aromatic N) is 1. The van der Waals surface area contributed by atoms with Crippen LogP contribution in [-0.4, -0.2) is 23.8 Å². The molecule has 0 bridgehead atoms. The highest BCUT2D eigenvalue weighted by Crippen LogP contribution is 2.53. The Morgan fingerprint density at radius 3 is 3.05 bits per heavy atom. The van der Waals surface area contributed by atoms with Gasteiger partial charge in [-0.15, -0.1) is 0 Å². The molecular formula is C16H15NO2. The molecule has 0 N–H and O–H groups in total. The van der Waals surface area contributed by atoms with Crippen LogP contribution in [0, 0.1) is 0 Å². The van der Waals surface area contributed by atoms with Crippen LogP contribution in [0.4, 0.5) is 0 Å². The van der Waals surface area contributed by atoms with Gasteiger partial charge in [-0.25, -0.2) is 0 Å². The Hall–Kier alpha value is -2.03. The van der Waals surface area contributed by atoms with Gasteiger partial charge >= 0.3 is 0 Å². The van der Waals surface area contributed by atoms with Gasteiger partial charge in [0.25, 0.3) is 0 Å². The van der Waals surface area contributed by atoms with Crippen molar-refractivity contribution in [1.29, 1.82) is 0 Å². The molecule has 1 aromatic carbocycles. The van der Waals surface area contributed by atoms with E-state index in [0.717, 1.165) is 17.7 Å². The Labute approximate surface area is 112 Å². The van der Waals surface area contributed by atoms with Gasteiger partial charge in [-0.05, 0) is 24.1 Å². The van der Waals surface area contributed by atoms with E-state index in [1.165, 1.54) is 5.57 Å². The first-order valence-electron chi connectivity index (χ1n) is 6.63. The molecule has 0 saturated heterocycles. The summed E-state index contributed by atoms with van der Waals surface area (Å²) in [7, 11) is 2.02. The van der Waals surface area contributed by atoms with E-state index in [0.29, 0.717) is 6.42 Å². The lowest BCUT2D eigenvalue weighted by molar-refractivity contribution is -0.127. The Kier molecular flexibility index (Phi) is 2.00. The van der Waals surface area contributed by atoms with Crippen molar-refractivity contribution >= 4 is 5.78 Å². The van der Waals surface area contributed by atoms with Crippen LogP contribution in [0.2, 0.25) is 0 Å². The molecular weight excluding hydrogens is 238 g/mol. The summed E-state index contributed by atoms with van der Waals surface area (Å²) in [5.74, 6) is 1.06. The normalized spacial score (nSPS) is 31.2. The van der Waals surface area contributed by atoms with Crippen LogP contribution in [0.5, 0.6) is 5.75 Å². The minimum atomic E-state index is -0.380. The van der Waals surface area contributed by atoms with Crippen LogP contribution in [0.1, 0.15) is 18.4 Å². The number of carbonyl (C=O) groups is 1. The largest absolute Gasteiger partial charge is 0.481 e. The fourth-order valence-corrected chi connectivity index (χ4v) is 3.51. The molecule has 2 unspecified atom stereocenters. The summed E-state index contributed by atoms with van der Waals surface area (Å²) in [4.78, 5) is 14.3. The number of fused-ring (bicyclic) bond motifs is 1. The number of ketones is 1. The van der Waals surface area contributed by atoms with Gasteiger partial charge in [-0.3, -0.25) is 4.79 Å². The van der Waals surface area contributed by atoms with Gasteiger partial charge in [0.2, 0.25) is 0 Å². The van der Waals surface area contributed by atoms with Crippen molar-refractivity contribution in [3.63, 3.8) is 0 Å². The molecule has 4 rings (SSSR count). The maximum absolute atomic E-state index is 12.3. The van der Waals surface area contributed by atoms with Gasteiger partial charge in [-0.2, -0.15) is 0 Å². The molecule has 0 radical (unpaired) electrons. The van der Waals surface area contributed by atoms with Gasteiger partial charge in [0.05, 0.1) is 5.41 Å². The summed E-state index contributed by atoms with van der Waals surface area (Å²) >= 11 is 0. The van der Waals surface area contributed by atoms with Crippen molar-refractivity contribution in [2.24, 2.45) is 0 Å². The number of hydrogen-bond donors (Lipinski definition) is 0. The number of rotatable bonds is 0. The molecule has 96 valence electrons. The summed E-state index contributed by atoms with van der Waals surface area (Å²) in [5.41, 5.74) is 2.05. The van der Waals surface area contributed by atoms with Gasteiger partial charge in [0.15, 0.2) is 11.9 Å². The lowest BCUT2D eigenvalue weighted by Gasteiger charge is -2.40. The minimum absolute atomic E-state index is 0.211. The van der Waals surface area contributed by atoms with E-state index in [1.54, 1.807) is 0 Å². The Morgan fingerprint density at radius 1 is 1.32 bits per heavy atom. The highest BCUT2D eigenvalue weighted by atomic mass is 16.5. The molecule has 3 aliphatic rings. The van der Waals surface area contributed by atoms with E-state index < -0.39 is 0 Å². The van der Waals surface area contributed by atoms with Crippen LogP contribution >= 0.6 is 0 Å². The van der Waals surface area contributed by atoms with Crippen molar-refractivity contribution in [2.75, 3.05) is 7.05 Å². The summed E-state index contributed by atoms with van der Waals surface area (Å²) in [6, 6.07) is 8.01. The second-order valence-corrected chi connectivity index (χ2v) is 5.46. The molecule has 1 saturated carbocycles. The zero-order valence-corrected chi connectivity index (χ0v) is 10.8. The van der Waals surface area contributed by atoms with Crippen LogP contribution < -0.4 is 4.74 Å². The summed E-state index contributed by atoms with van der Waals surface area (Å²) in [5, 5.41) is 0. The van der Waals surface area contributed by atoms with E-state index in [9.17, 15) is 4.79 Å². The third-order valence-corrected chi connectivity index (χ3v) is 4.39. The number of Topliss-reactive ketones (excluding diaryl/α,β-unsaturated/α-hetero) is 1. The maximum atomic E-state index is 12.3. The summed E-state index contributed by atoms with van der Waals surface area (Å²) in [6.07, 6.45) is 7.33. The minimum Gasteiger partial charge on any atom is -0.481 e. The molecule has 2 atom stereocenters. The fraction of sp³-hybridized carbons (Fsp3) is 0.312. The van der Waals surface area contributed by atoms with Crippen molar-refractivity contribution < 1.29 is 9.53 Å². The second kappa shape index (κ2) is 3.50. The molecule has 1 aliphatic carbocycles. The van der Waals surface area contributed by atoms with Crippen molar-refractivity contribution in [3.05, 3.63) is 53.9 Å². The van der Waals surface area contributed by atoms with E-state index in [1.807, 2.05) is 36.3 Å². The predicted octanol–water partition coefficient (Wildman–Crippen LogP) is 2.39. The Morgan fingerprint density at radius 2 is 2.16 bits per heavy atom. The topological polar surface area (TPSA) is 29.5 Å². The zero-order chi connectivity index (χ0) is 13.0. The Bertz CT molecular complexity index is 631. The number of para-hydroxylation sites is 1. The smallest absolute Gasteiger partial charge is 0.175 e. The lowest BCUT2D eigenvalue weighted by atomic mass is 9.64. The third-order valence-electron chi connectivity index (χ3n) is 4.39. The monoisotopic (exact) mass is 253 g/mol. The number of ether oxygens (including phenoxy) is 1. The molecule has 3 heteroatoms. The van der Waals surface area contributed by atoms with Gasteiger partial charge in [0.1, 0.15) is 5.75 Å². The molecule has 19 heavy (non-hydrogen) atoms. The third kappa shape index (κ3) is 1.25. The van der Waals surface area contributed by atoms with Crippen molar-refractivity contribution in [2.45, 2.75) is 24.4 Å². The predicted molar refractivity (Wildman–Crippen MR) is 71.8 cm³/mol.